The van der Waals surface area contributed by atoms with Crippen LogP contribution in [0.25, 0.3) is 0 Å². The summed E-state index contributed by atoms with van der Waals surface area (Å²) in [4.78, 5) is 1.32. The maximum Gasteiger partial charge on any atom is 0.129 e. The Morgan fingerprint density at radius 3 is 2.71 bits per heavy atom. The number of nitrogens with one attached hydrogen (secondary N) is 1. The molecule has 4 nitrogen and oxygen atoms in total. The summed E-state index contributed by atoms with van der Waals surface area (Å²) in [6, 6.07) is 4.68. The Bertz CT molecular complexity index is 562. The van der Waals surface area contributed by atoms with Gasteiger partial charge in [0.2, 0.25) is 0 Å². The lowest BCUT2D eigenvalue weighted by Crippen LogP contribution is -2.23. The van der Waals surface area contributed by atoms with E-state index in [1.807, 2.05) is 0 Å². The van der Waals surface area contributed by atoms with Gasteiger partial charge in [0.25, 0.3) is 0 Å². The fourth-order valence-electron chi connectivity index (χ4n) is 2.48. The second-order valence-corrected chi connectivity index (χ2v) is 5.94. The molecule has 0 amide bonds. The van der Waals surface area contributed by atoms with E-state index in [2.05, 4.69) is 53.4 Å². The van der Waals surface area contributed by atoms with E-state index in [4.69, 9.17) is 4.74 Å². The van der Waals surface area contributed by atoms with Gasteiger partial charge in [0, 0.05) is 35.0 Å². The third-order valence-electron chi connectivity index (χ3n) is 3.61. The molecule has 2 aromatic rings. The standard InChI is InChI=1S/C16H25N3OS/c1-5-12-8-13(19(7-3)18-12)9-15(17-6-2)16-10-14(20-4)11-21-16/h8,10-11,15,17H,5-7,9H2,1-4H3. The Balaban J connectivity index is 2.21. The van der Waals surface area contributed by atoms with Gasteiger partial charge in [-0.1, -0.05) is 13.8 Å². The summed E-state index contributed by atoms with van der Waals surface area (Å²) in [5.74, 6) is 0.941. The Hall–Kier alpha value is -1.33. The Morgan fingerprint density at radius 2 is 2.14 bits per heavy atom. The number of ether oxygens (including phenoxy) is 1. The van der Waals surface area contributed by atoms with Gasteiger partial charge in [-0.3, -0.25) is 4.68 Å². The molecule has 0 radical (unpaired) electrons. The van der Waals surface area contributed by atoms with Gasteiger partial charge in [0.15, 0.2) is 0 Å². The zero-order valence-electron chi connectivity index (χ0n) is 13.3. The molecule has 5 heteroatoms. The molecule has 1 N–H and O–H groups in total. The average molecular weight is 307 g/mol. The maximum absolute atomic E-state index is 5.30. The SMILES string of the molecule is CCNC(Cc1cc(CC)nn1CC)c1cc(OC)cs1. The van der Waals surface area contributed by atoms with E-state index in [1.165, 1.54) is 16.3 Å². The number of rotatable bonds is 8. The van der Waals surface area contributed by atoms with E-state index < -0.39 is 0 Å². The monoisotopic (exact) mass is 307 g/mol. The summed E-state index contributed by atoms with van der Waals surface area (Å²) in [5, 5.41) is 10.3. The van der Waals surface area contributed by atoms with Gasteiger partial charge in [-0.15, -0.1) is 11.3 Å². The quantitative estimate of drug-likeness (QED) is 0.812. The van der Waals surface area contributed by atoms with Crippen molar-refractivity contribution >= 4 is 11.3 Å². The van der Waals surface area contributed by atoms with E-state index in [9.17, 15) is 0 Å². The summed E-state index contributed by atoms with van der Waals surface area (Å²) >= 11 is 1.75. The number of hydrogen-bond acceptors (Lipinski definition) is 4. The number of aromatic nitrogens is 2. The molecule has 0 spiro atoms. The minimum absolute atomic E-state index is 0.315. The van der Waals surface area contributed by atoms with Gasteiger partial charge < -0.3 is 10.1 Å². The molecule has 2 aromatic heterocycles. The molecule has 2 rings (SSSR count). The zero-order valence-corrected chi connectivity index (χ0v) is 14.2. The fraction of sp³-hybridized carbons (Fsp3) is 0.562. The molecule has 0 fully saturated rings. The molecule has 0 aliphatic carbocycles. The lowest BCUT2D eigenvalue weighted by molar-refractivity contribution is 0.415. The van der Waals surface area contributed by atoms with Crippen LogP contribution in [0.15, 0.2) is 17.5 Å². The molecule has 21 heavy (non-hydrogen) atoms. The number of likely N-dealkylation sites (N-methyl/N-ethyl adjacent to an activating group) is 1. The Kier molecular flexibility index (Phi) is 5.82. The van der Waals surface area contributed by atoms with Crippen LogP contribution in [-0.2, 0) is 19.4 Å². The lowest BCUT2D eigenvalue weighted by Gasteiger charge is -2.16. The second kappa shape index (κ2) is 7.61. The molecule has 1 atom stereocenters. The Labute approximate surface area is 131 Å². The van der Waals surface area contributed by atoms with Crippen molar-refractivity contribution in [3.63, 3.8) is 0 Å². The summed E-state index contributed by atoms with van der Waals surface area (Å²) in [6.45, 7) is 8.31. The molecule has 0 aromatic carbocycles. The van der Waals surface area contributed by atoms with E-state index in [-0.39, 0.29) is 0 Å². The van der Waals surface area contributed by atoms with Gasteiger partial charge in [-0.2, -0.15) is 5.10 Å². The molecular weight excluding hydrogens is 282 g/mol. The van der Waals surface area contributed by atoms with Crippen molar-refractivity contribution < 1.29 is 4.74 Å². The van der Waals surface area contributed by atoms with E-state index in [0.29, 0.717) is 6.04 Å². The highest BCUT2D eigenvalue weighted by Crippen LogP contribution is 2.29. The highest BCUT2D eigenvalue weighted by molar-refractivity contribution is 7.10. The predicted molar refractivity (Wildman–Crippen MR) is 88.3 cm³/mol. The lowest BCUT2D eigenvalue weighted by atomic mass is 10.1. The van der Waals surface area contributed by atoms with Crippen LogP contribution < -0.4 is 10.1 Å². The number of nitrogens with zero attached hydrogens (tertiary/aromatic N) is 2. The molecule has 1 unspecified atom stereocenters. The first kappa shape index (κ1) is 16.0. The van der Waals surface area contributed by atoms with Crippen LogP contribution in [0.3, 0.4) is 0 Å². The van der Waals surface area contributed by atoms with Gasteiger partial charge in [-0.05, 0) is 32.0 Å². The van der Waals surface area contributed by atoms with Crippen molar-refractivity contribution in [2.24, 2.45) is 0 Å². The van der Waals surface area contributed by atoms with Gasteiger partial charge in [0.05, 0.1) is 12.8 Å². The molecule has 2 heterocycles. The van der Waals surface area contributed by atoms with Crippen LogP contribution in [0.1, 0.15) is 43.1 Å². The number of thiophene rings is 1. The number of methoxy groups -OCH3 is 1. The molecule has 0 aliphatic heterocycles. The number of aryl methyl sites for hydroxylation is 2. The van der Waals surface area contributed by atoms with Crippen LogP contribution >= 0.6 is 11.3 Å². The zero-order chi connectivity index (χ0) is 15.2. The molecule has 0 saturated heterocycles. The summed E-state index contributed by atoms with van der Waals surface area (Å²) in [7, 11) is 1.72. The third-order valence-corrected chi connectivity index (χ3v) is 4.64. The second-order valence-electron chi connectivity index (χ2n) is 5.00. The largest absolute Gasteiger partial charge is 0.496 e. The van der Waals surface area contributed by atoms with Crippen molar-refractivity contribution in [3.05, 3.63) is 33.8 Å². The van der Waals surface area contributed by atoms with Crippen LogP contribution in [0, 0.1) is 0 Å². The molecule has 0 bridgehead atoms. The molecule has 116 valence electrons. The topological polar surface area (TPSA) is 39.1 Å². The van der Waals surface area contributed by atoms with Crippen molar-refractivity contribution in [2.75, 3.05) is 13.7 Å². The van der Waals surface area contributed by atoms with Crippen LogP contribution in [0.5, 0.6) is 5.75 Å². The van der Waals surface area contributed by atoms with Gasteiger partial charge in [-0.25, -0.2) is 0 Å². The van der Waals surface area contributed by atoms with Crippen LogP contribution in [0.4, 0.5) is 0 Å². The smallest absolute Gasteiger partial charge is 0.129 e. The summed E-state index contributed by atoms with van der Waals surface area (Å²) in [5.41, 5.74) is 2.47. The molecule has 0 aliphatic rings. The fourth-order valence-corrected chi connectivity index (χ4v) is 3.41. The van der Waals surface area contributed by atoms with Crippen molar-refractivity contribution in [3.8, 4) is 5.75 Å². The Morgan fingerprint density at radius 1 is 1.33 bits per heavy atom. The summed E-state index contributed by atoms with van der Waals surface area (Å²) in [6.07, 6.45) is 1.94. The third kappa shape index (κ3) is 3.86. The highest BCUT2D eigenvalue weighted by atomic mass is 32.1. The van der Waals surface area contributed by atoms with E-state index in [0.717, 1.165) is 31.7 Å². The van der Waals surface area contributed by atoms with Crippen LogP contribution in [-0.4, -0.2) is 23.4 Å². The highest BCUT2D eigenvalue weighted by Gasteiger charge is 2.17. The van der Waals surface area contributed by atoms with Gasteiger partial charge in [0.1, 0.15) is 5.75 Å². The van der Waals surface area contributed by atoms with Crippen molar-refractivity contribution in [1.29, 1.82) is 0 Å². The average Bonchev–Trinajstić information content (AvgIpc) is 3.13. The predicted octanol–water partition coefficient (Wildman–Crippen LogP) is 3.43. The van der Waals surface area contributed by atoms with Crippen LogP contribution in [0.2, 0.25) is 0 Å². The first-order valence-electron chi connectivity index (χ1n) is 7.63. The first-order valence-corrected chi connectivity index (χ1v) is 8.51. The number of hydrogen-bond donors (Lipinski definition) is 1. The van der Waals surface area contributed by atoms with Gasteiger partial charge >= 0.3 is 0 Å². The minimum atomic E-state index is 0.315. The van der Waals surface area contributed by atoms with E-state index >= 15 is 0 Å². The summed E-state index contributed by atoms with van der Waals surface area (Å²) < 4.78 is 7.42. The van der Waals surface area contributed by atoms with Crippen molar-refractivity contribution in [2.45, 2.75) is 46.2 Å². The molecule has 0 saturated carbocycles. The first-order chi connectivity index (χ1) is 10.2. The van der Waals surface area contributed by atoms with Crippen molar-refractivity contribution in [1.82, 2.24) is 15.1 Å². The minimum Gasteiger partial charge on any atom is -0.496 e. The maximum atomic E-state index is 5.30. The van der Waals surface area contributed by atoms with E-state index in [1.54, 1.807) is 18.4 Å². The molecular formula is C16H25N3OS. The normalized spacial score (nSPS) is 12.6.